The summed E-state index contributed by atoms with van der Waals surface area (Å²) < 4.78 is 0. The maximum Gasteiger partial charge on any atom is 0.220 e. The van der Waals surface area contributed by atoms with Crippen LogP contribution in [0, 0.1) is 0 Å². The van der Waals surface area contributed by atoms with E-state index in [4.69, 9.17) is 0 Å². The maximum atomic E-state index is 12.3. The molecule has 1 amide bonds. The number of rotatable bonds is 40. The quantitative estimate of drug-likeness (QED) is 0.0440. The smallest absolute Gasteiger partial charge is 0.220 e. The monoisotopic (exact) mass is 702 g/mol. The highest BCUT2D eigenvalue weighted by atomic mass is 16.3. The van der Waals surface area contributed by atoms with Crippen molar-refractivity contribution < 1.29 is 15.0 Å². The molecule has 3 N–H and O–H groups in total. The Kier molecular flexibility index (Phi) is 40.9. The van der Waals surface area contributed by atoms with Crippen LogP contribution in [0.2, 0.25) is 0 Å². The number of carbonyl (C=O) groups is 1. The van der Waals surface area contributed by atoms with Crippen molar-refractivity contribution in [3.8, 4) is 0 Å². The fraction of sp³-hybridized carbons (Fsp3) is 0.848. The van der Waals surface area contributed by atoms with Crippen LogP contribution in [0.1, 0.15) is 232 Å². The summed E-state index contributed by atoms with van der Waals surface area (Å²) in [5, 5.41) is 22.9. The molecule has 0 rings (SSSR count). The van der Waals surface area contributed by atoms with E-state index in [0.29, 0.717) is 6.42 Å². The third kappa shape index (κ3) is 37.9. The highest BCUT2D eigenvalue weighted by Crippen LogP contribution is 2.15. The molecule has 0 bridgehead atoms. The summed E-state index contributed by atoms with van der Waals surface area (Å²) in [6.07, 6.45) is 55.5. The molecule has 294 valence electrons. The summed E-state index contributed by atoms with van der Waals surface area (Å²) in [6, 6.07) is -0.635. The average molecular weight is 702 g/mol. The van der Waals surface area contributed by atoms with E-state index in [2.05, 4.69) is 43.5 Å². The third-order valence-corrected chi connectivity index (χ3v) is 10.1. The van der Waals surface area contributed by atoms with E-state index < -0.39 is 12.1 Å². The molecule has 0 saturated carbocycles. The van der Waals surface area contributed by atoms with Crippen molar-refractivity contribution in [2.24, 2.45) is 0 Å². The van der Waals surface area contributed by atoms with Gasteiger partial charge in [-0.3, -0.25) is 4.79 Å². The van der Waals surface area contributed by atoms with Gasteiger partial charge in [0.05, 0.1) is 18.8 Å². The van der Waals surface area contributed by atoms with Crippen LogP contribution in [-0.2, 0) is 4.79 Å². The zero-order valence-corrected chi connectivity index (χ0v) is 33.7. The first-order valence-electron chi connectivity index (χ1n) is 22.2. The molecule has 4 heteroatoms. The molecule has 0 spiro atoms. The normalized spacial score (nSPS) is 13.3. The summed E-state index contributed by atoms with van der Waals surface area (Å²) in [6.45, 7) is 4.27. The molecule has 4 nitrogen and oxygen atoms in total. The predicted octanol–water partition coefficient (Wildman–Crippen LogP) is 13.8. The number of aliphatic hydroxyl groups is 2. The third-order valence-electron chi connectivity index (χ3n) is 10.1. The topological polar surface area (TPSA) is 69.6 Å². The average Bonchev–Trinajstić information content (AvgIpc) is 3.12. The lowest BCUT2D eigenvalue weighted by Crippen LogP contribution is -2.45. The van der Waals surface area contributed by atoms with Gasteiger partial charge in [0, 0.05) is 6.42 Å². The van der Waals surface area contributed by atoms with Gasteiger partial charge < -0.3 is 15.5 Å². The van der Waals surface area contributed by atoms with E-state index in [0.717, 1.165) is 32.1 Å². The summed E-state index contributed by atoms with van der Waals surface area (Å²) in [7, 11) is 0. The lowest BCUT2D eigenvalue weighted by atomic mass is 10.0. The number of hydrogen-bond donors (Lipinski definition) is 3. The zero-order chi connectivity index (χ0) is 36.4. The van der Waals surface area contributed by atoms with E-state index in [1.54, 1.807) is 6.08 Å². The number of amides is 1. The first-order valence-corrected chi connectivity index (χ1v) is 22.2. The maximum absolute atomic E-state index is 12.3. The Labute approximate surface area is 312 Å². The lowest BCUT2D eigenvalue weighted by molar-refractivity contribution is -0.123. The van der Waals surface area contributed by atoms with Gasteiger partial charge in [-0.1, -0.05) is 204 Å². The van der Waals surface area contributed by atoms with E-state index in [9.17, 15) is 15.0 Å². The molecule has 0 saturated heterocycles. The predicted molar refractivity (Wildman–Crippen MR) is 221 cm³/mol. The molecular formula is C46H87NO3. The van der Waals surface area contributed by atoms with Gasteiger partial charge in [0.25, 0.3) is 0 Å². The number of nitrogens with one attached hydrogen (secondary N) is 1. The molecule has 2 atom stereocenters. The SMILES string of the molecule is CCCCCCC/C=C/CC/C=C/C(O)C(CO)NC(=O)CCCCCCCCCCCCCCCCC/C=C\CCCCCCCCCC. The Balaban J connectivity index is 3.49. The van der Waals surface area contributed by atoms with Crippen molar-refractivity contribution in [1.29, 1.82) is 0 Å². The van der Waals surface area contributed by atoms with Gasteiger partial charge in [-0.05, 0) is 57.8 Å². The molecule has 0 aromatic carbocycles. The number of hydrogen-bond acceptors (Lipinski definition) is 3. The Morgan fingerprint density at radius 1 is 0.460 bits per heavy atom. The van der Waals surface area contributed by atoms with Crippen LogP contribution < -0.4 is 5.32 Å². The van der Waals surface area contributed by atoms with Crippen molar-refractivity contribution in [3.63, 3.8) is 0 Å². The van der Waals surface area contributed by atoms with Crippen molar-refractivity contribution in [2.75, 3.05) is 6.61 Å². The van der Waals surface area contributed by atoms with E-state index in [1.807, 2.05) is 6.08 Å². The molecule has 0 aromatic heterocycles. The van der Waals surface area contributed by atoms with Crippen LogP contribution in [0.4, 0.5) is 0 Å². The van der Waals surface area contributed by atoms with Gasteiger partial charge >= 0.3 is 0 Å². The Hall–Kier alpha value is -1.39. The summed E-state index contributed by atoms with van der Waals surface area (Å²) in [4.78, 5) is 12.3. The number of aliphatic hydroxyl groups excluding tert-OH is 2. The van der Waals surface area contributed by atoms with Crippen molar-refractivity contribution >= 4 is 5.91 Å². The molecule has 0 aliphatic heterocycles. The van der Waals surface area contributed by atoms with Crippen LogP contribution >= 0.6 is 0 Å². The van der Waals surface area contributed by atoms with Gasteiger partial charge in [0.15, 0.2) is 0 Å². The standard InChI is InChI=1S/C46H87NO3/c1-3-5-7-9-11-13-15-16-17-18-19-20-21-22-23-24-25-26-27-28-29-30-32-34-36-38-40-42-46(50)47-44(43-48)45(49)41-39-37-35-33-31-14-12-10-8-6-4-2/h18-19,31,33,39,41,44-45,48-49H,3-17,20-30,32,34-38,40,42-43H2,1-2H3,(H,47,50)/b19-18-,33-31+,41-39+. The molecule has 50 heavy (non-hydrogen) atoms. The molecular weight excluding hydrogens is 615 g/mol. The Morgan fingerprint density at radius 3 is 1.16 bits per heavy atom. The molecule has 0 fully saturated rings. The summed E-state index contributed by atoms with van der Waals surface area (Å²) in [5.74, 6) is -0.0740. The van der Waals surface area contributed by atoms with Gasteiger partial charge in [-0.25, -0.2) is 0 Å². The molecule has 0 aromatic rings. The second-order valence-electron chi connectivity index (χ2n) is 15.1. The zero-order valence-electron chi connectivity index (χ0n) is 33.7. The van der Waals surface area contributed by atoms with Crippen LogP contribution in [0.3, 0.4) is 0 Å². The summed E-state index contributed by atoms with van der Waals surface area (Å²) in [5.41, 5.74) is 0. The number of allylic oxidation sites excluding steroid dienone is 5. The largest absolute Gasteiger partial charge is 0.394 e. The molecule has 0 aliphatic carbocycles. The van der Waals surface area contributed by atoms with E-state index in [1.165, 1.54) is 180 Å². The molecule has 0 heterocycles. The van der Waals surface area contributed by atoms with Crippen LogP contribution in [0.5, 0.6) is 0 Å². The summed E-state index contributed by atoms with van der Waals surface area (Å²) >= 11 is 0. The highest BCUT2D eigenvalue weighted by molar-refractivity contribution is 5.76. The Bertz CT molecular complexity index is 760. The number of carbonyl (C=O) groups excluding carboxylic acids is 1. The van der Waals surface area contributed by atoms with Crippen molar-refractivity contribution in [1.82, 2.24) is 5.32 Å². The molecule has 2 unspecified atom stereocenters. The van der Waals surface area contributed by atoms with Crippen LogP contribution in [0.15, 0.2) is 36.5 Å². The lowest BCUT2D eigenvalue weighted by Gasteiger charge is -2.19. The van der Waals surface area contributed by atoms with Gasteiger partial charge in [0.1, 0.15) is 0 Å². The van der Waals surface area contributed by atoms with Crippen LogP contribution in [-0.4, -0.2) is 34.9 Å². The highest BCUT2D eigenvalue weighted by Gasteiger charge is 2.17. The van der Waals surface area contributed by atoms with Crippen molar-refractivity contribution in [2.45, 2.75) is 244 Å². The second kappa shape index (κ2) is 42.0. The Morgan fingerprint density at radius 2 is 0.780 bits per heavy atom. The van der Waals surface area contributed by atoms with Gasteiger partial charge in [0.2, 0.25) is 5.91 Å². The minimum atomic E-state index is -0.858. The van der Waals surface area contributed by atoms with Crippen molar-refractivity contribution in [3.05, 3.63) is 36.5 Å². The minimum Gasteiger partial charge on any atom is -0.394 e. The van der Waals surface area contributed by atoms with Gasteiger partial charge in [-0.2, -0.15) is 0 Å². The first kappa shape index (κ1) is 48.6. The fourth-order valence-electron chi connectivity index (χ4n) is 6.66. The fourth-order valence-corrected chi connectivity index (χ4v) is 6.66. The number of unbranched alkanes of at least 4 members (excludes halogenated alkanes) is 29. The second-order valence-corrected chi connectivity index (χ2v) is 15.1. The van der Waals surface area contributed by atoms with E-state index in [-0.39, 0.29) is 12.5 Å². The van der Waals surface area contributed by atoms with Crippen LogP contribution in [0.25, 0.3) is 0 Å². The molecule has 0 aliphatic rings. The minimum absolute atomic E-state index is 0.0740. The molecule has 0 radical (unpaired) electrons. The van der Waals surface area contributed by atoms with E-state index >= 15 is 0 Å². The van der Waals surface area contributed by atoms with Gasteiger partial charge in [-0.15, -0.1) is 0 Å². The first-order chi connectivity index (χ1) is 24.7.